The monoisotopic (exact) mass is 378 g/mol. The molecule has 2 unspecified atom stereocenters. The fraction of sp³-hybridized carbons (Fsp3) is 0.700. The summed E-state index contributed by atoms with van der Waals surface area (Å²) in [6.07, 6.45) is 8.75. The maximum absolute atomic E-state index is 5.98. The van der Waals surface area contributed by atoms with Crippen molar-refractivity contribution in [2.75, 3.05) is 19.8 Å². The van der Waals surface area contributed by atoms with Crippen molar-refractivity contribution in [3.63, 3.8) is 0 Å². The zero-order chi connectivity index (χ0) is 16.8. The molecule has 134 valence electrons. The van der Waals surface area contributed by atoms with Crippen molar-refractivity contribution in [1.29, 1.82) is 0 Å². The van der Waals surface area contributed by atoms with Crippen LogP contribution in [0.1, 0.15) is 71.0 Å². The zero-order valence-corrected chi connectivity index (χ0v) is 19.9. The van der Waals surface area contributed by atoms with Crippen LogP contribution in [0, 0.1) is 0 Å². The largest absolute Gasteiger partial charge is 1.00 e. The second-order valence-corrected chi connectivity index (χ2v) is 6.73. The summed E-state index contributed by atoms with van der Waals surface area (Å²) >= 11 is 4.64. The first kappa shape index (κ1) is 25.1. The molecule has 0 aliphatic rings. The van der Waals surface area contributed by atoms with E-state index in [0.29, 0.717) is 19.3 Å². The van der Waals surface area contributed by atoms with E-state index in [0.717, 1.165) is 19.4 Å². The third kappa shape index (κ3) is 12.5. The Kier molecular flexibility index (Phi) is 18.4. The molecule has 0 bridgehead atoms. The first-order valence-corrected chi connectivity index (χ1v) is 9.71. The Bertz CT molecular complexity index is 381. The Balaban J connectivity index is 0. The van der Waals surface area contributed by atoms with E-state index in [-0.39, 0.29) is 58.1 Å². The fourth-order valence-electron chi connectivity index (χ4n) is 2.67. The van der Waals surface area contributed by atoms with Crippen LogP contribution < -0.4 is 51.4 Å². The fourth-order valence-corrected chi connectivity index (χ4v) is 2.95. The first-order chi connectivity index (χ1) is 11.3. The molecule has 0 amide bonds. The molecule has 0 radical (unpaired) electrons. The third-order valence-electron chi connectivity index (χ3n) is 4.04. The van der Waals surface area contributed by atoms with Gasteiger partial charge in [-0.1, -0.05) is 69.9 Å². The summed E-state index contributed by atoms with van der Waals surface area (Å²) < 4.78 is 11.7. The molecular formula is C20H35KO2S. The van der Waals surface area contributed by atoms with Gasteiger partial charge in [0, 0.05) is 11.9 Å². The minimum absolute atomic E-state index is 0. The number of thiol groups is 1. The summed E-state index contributed by atoms with van der Waals surface area (Å²) in [4.78, 5) is 0. The second-order valence-electron chi connectivity index (χ2n) is 6.10. The summed E-state index contributed by atoms with van der Waals surface area (Å²) in [6.45, 7) is 6.60. The zero-order valence-electron chi connectivity index (χ0n) is 16.9. The van der Waals surface area contributed by atoms with Crippen molar-refractivity contribution in [1.82, 2.24) is 0 Å². The Hall–Kier alpha value is 1.13. The number of rotatable bonds is 14. The van der Waals surface area contributed by atoms with Gasteiger partial charge in [-0.2, -0.15) is 12.6 Å². The van der Waals surface area contributed by atoms with E-state index >= 15 is 0 Å². The normalized spacial score (nSPS) is 13.3. The van der Waals surface area contributed by atoms with Gasteiger partial charge in [0.25, 0.3) is 0 Å². The topological polar surface area (TPSA) is 18.5 Å². The van der Waals surface area contributed by atoms with Crippen molar-refractivity contribution in [3.05, 3.63) is 35.9 Å². The molecule has 0 N–H and O–H groups in total. The van der Waals surface area contributed by atoms with E-state index < -0.39 is 0 Å². The molecular weight excluding hydrogens is 343 g/mol. The maximum atomic E-state index is 5.98. The number of hydrogen-bond acceptors (Lipinski definition) is 3. The van der Waals surface area contributed by atoms with Gasteiger partial charge in [0.1, 0.15) is 0 Å². The van der Waals surface area contributed by atoms with Gasteiger partial charge >= 0.3 is 51.4 Å². The molecule has 0 aliphatic heterocycles. The SMILES string of the molecule is CCCCCC(CCC)OCCOCCC(S)c1ccccc1.[H-].[K+]. The van der Waals surface area contributed by atoms with Gasteiger partial charge in [-0.3, -0.25) is 0 Å². The van der Waals surface area contributed by atoms with E-state index in [1.807, 2.05) is 6.07 Å². The standard InChI is InChI=1S/C20H34O2S.K.H/c1-3-5-7-13-19(10-4-2)22-17-16-21-15-14-20(23)18-11-8-6-9-12-18;;/h6,8-9,11-12,19-20,23H,3-5,7,10,13-17H2,1-2H3;;/q;+1;-1. The average Bonchev–Trinajstić information content (AvgIpc) is 2.58. The van der Waals surface area contributed by atoms with E-state index in [1.165, 1.54) is 37.7 Å². The Morgan fingerprint density at radius 2 is 1.67 bits per heavy atom. The molecule has 2 nitrogen and oxygen atoms in total. The van der Waals surface area contributed by atoms with Crippen LogP contribution in [-0.2, 0) is 9.47 Å². The summed E-state index contributed by atoms with van der Waals surface area (Å²) in [5, 5.41) is 0.249. The van der Waals surface area contributed by atoms with Crippen molar-refractivity contribution >= 4 is 12.6 Å². The predicted octanol–water partition coefficient (Wildman–Crippen LogP) is 2.95. The number of benzene rings is 1. The summed E-state index contributed by atoms with van der Waals surface area (Å²) in [6, 6.07) is 10.4. The second kappa shape index (κ2) is 17.5. The quantitative estimate of drug-likeness (QED) is 0.305. The third-order valence-corrected chi connectivity index (χ3v) is 4.60. The molecule has 2 atom stereocenters. The van der Waals surface area contributed by atoms with Crippen molar-refractivity contribution < 1.29 is 62.3 Å². The molecule has 0 heterocycles. The molecule has 24 heavy (non-hydrogen) atoms. The minimum Gasteiger partial charge on any atom is -1.00 e. The van der Waals surface area contributed by atoms with Crippen molar-refractivity contribution in [2.45, 2.75) is 70.1 Å². The molecule has 0 saturated carbocycles. The molecule has 0 saturated heterocycles. The van der Waals surface area contributed by atoms with Crippen LogP contribution in [0.25, 0.3) is 0 Å². The van der Waals surface area contributed by atoms with E-state index in [2.05, 4.69) is 50.7 Å². The molecule has 0 fully saturated rings. The molecule has 1 rings (SSSR count). The molecule has 0 aliphatic carbocycles. The van der Waals surface area contributed by atoms with E-state index in [9.17, 15) is 0 Å². The summed E-state index contributed by atoms with van der Waals surface area (Å²) in [5.74, 6) is 0. The smallest absolute Gasteiger partial charge is 1.00 e. The van der Waals surface area contributed by atoms with Gasteiger partial charge in [-0.25, -0.2) is 0 Å². The van der Waals surface area contributed by atoms with Gasteiger partial charge in [-0.05, 0) is 24.8 Å². The Morgan fingerprint density at radius 1 is 0.917 bits per heavy atom. The van der Waals surface area contributed by atoms with Crippen LogP contribution in [0.2, 0.25) is 0 Å². The molecule has 4 heteroatoms. The van der Waals surface area contributed by atoms with Crippen LogP contribution in [0.5, 0.6) is 0 Å². The van der Waals surface area contributed by atoms with Crippen LogP contribution in [0.4, 0.5) is 0 Å². The molecule has 1 aromatic carbocycles. The molecule has 0 spiro atoms. The summed E-state index contributed by atoms with van der Waals surface area (Å²) in [5.41, 5.74) is 1.26. The van der Waals surface area contributed by atoms with Gasteiger partial charge in [0.05, 0.1) is 19.3 Å². The van der Waals surface area contributed by atoms with Gasteiger partial charge in [0.15, 0.2) is 0 Å². The number of hydrogen-bond donors (Lipinski definition) is 1. The average molecular weight is 379 g/mol. The Morgan fingerprint density at radius 3 is 2.33 bits per heavy atom. The van der Waals surface area contributed by atoms with Crippen LogP contribution in [-0.4, -0.2) is 25.9 Å². The first-order valence-electron chi connectivity index (χ1n) is 9.20. The van der Waals surface area contributed by atoms with Crippen LogP contribution >= 0.6 is 12.6 Å². The van der Waals surface area contributed by atoms with Crippen LogP contribution in [0.3, 0.4) is 0 Å². The predicted molar refractivity (Wildman–Crippen MR) is 104 cm³/mol. The van der Waals surface area contributed by atoms with E-state index in [4.69, 9.17) is 9.47 Å². The number of unbranched alkanes of at least 4 members (excludes halogenated alkanes) is 2. The Labute approximate surface area is 198 Å². The number of ether oxygens (including phenoxy) is 2. The van der Waals surface area contributed by atoms with Crippen LogP contribution in [0.15, 0.2) is 30.3 Å². The molecule has 0 aromatic heterocycles. The molecule has 1 aromatic rings. The van der Waals surface area contributed by atoms with Gasteiger partial charge in [0.2, 0.25) is 0 Å². The van der Waals surface area contributed by atoms with Gasteiger partial charge < -0.3 is 10.9 Å². The van der Waals surface area contributed by atoms with Gasteiger partial charge in [-0.15, -0.1) is 0 Å². The van der Waals surface area contributed by atoms with E-state index in [1.54, 1.807) is 0 Å². The van der Waals surface area contributed by atoms with Crippen molar-refractivity contribution in [2.24, 2.45) is 0 Å². The van der Waals surface area contributed by atoms with Crippen molar-refractivity contribution in [3.8, 4) is 0 Å². The maximum Gasteiger partial charge on any atom is 1.00 e. The minimum atomic E-state index is 0. The summed E-state index contributed by atoms with van der Waals surface area (Å²) in [7, 11) is 0.